The fraction of sp³-hybridized carbons (Fsp3) is 0.269. The van der Waals surface area contributed by atoms with E-state index in [-0.39, 0.29) is 35.9 Å². The Labute approximate surface area is 194 Å². The van der Waals surface area contributed by atoms with Gasteiger partial charge in [0.2, 0.25) is 15.9 Å². The van der Waals surface area contributed by atoms with E-state index < -0.39 is 15.8 Å². The first-order chi connectivity index (χ1) is 15.9. The van der Waals surface area contributed by atoms with Crippen LogP contribution in [0, 0.1) is 18.7 Å². The Kier molecular flexibility index (Phi) is 6.91. The molecule has 1 aliphatic rings. The van der Waals surface area contributed by atoms with Crippen LogP contribution in [0.1, 0.15) is 35.6 Å². The molecule has 4 rings (SSSR count). The molecular formula is C26H27FN2O3S. The van der Waals surface area contributed by atoms with E-state index in [1.54, 1.807) is 0 Å². The number of carbonyl (C=O) groups is 1. The second-order valence-electron chi connectivity index (χ2n) is 8.37. The molecule has 1 aliphatic heterocycles. The summed E-state index contributed by atoms with van der Waals surface area (Å²) in [4.78, 5) is 12.8. The molecule has 172 valence electrons. The van der Waals surface area contributed by atoms with Crippen LogP contribution in [-0.4, -0.2) is 31.7 Å². The first kappa shape index (κ1) is 23.1. The standard InChI is InChI=1S/C26H27FN2O3S/c1-19-11-13-21(14-12-19)25(20-7-3-2-4-8-20)28-26(30)22-15-17-29(18-16-22)33(31,32)24-10-6-5-9-23(24)27/h2-14,22,25H,15-18H2,1H3,(H,28,30). The summed E-state index contributed by atoms with van der Waals surface area (Å²) < 4.78 is 41.0. The zero-order valence-electron chi connectivity index (χ0n) is 18.4. The average molecular weight is 467 g/mol. The highest BCUT2D eigenvalue weighted by atomic mass is 32.2. The summed E-state index contributed by atoms with van der Waals surface area (Å²) in [5.41, 5.74) is 3.11. The van der Waals surface area contributed by atoms with Crippen molar-refractivity contribution in [2.24, 2.45) is 5.92 Å². The summed E-state index contributed by atoms with van der Waals surface area (Å²) in [6.45, 7) is 2.37. The summed E-state index contributed by atoms with van der Waals surface area (Å²) in [7, 11) is -3.93. The molecule has 0 radical (unpaired) electrons. The van der Waals surface area contributed by atoms with Gasteiger partial charge in [0.25, 0.3) is 0 Å². The Morgan fingerprint density at radius 2 is 1.48 bits per heavy atom. The van der Waals surface area contributed by atoms with Gasteiger partial charge in [0, 0.05) is 19.0 Å². The summed E-state index contributed by atoms with van der Waals surface area (Å²) in [5.74, 6) is -1.18. The number of halogens is 1. The average Bonchev–Trinajstić information content (AvgIpc) is 2.84. The van der Waals surface area contributed by atoms with Gasteiger partial charge in [0.05, 0.1) is 6.04 Å². The van der Waals surface area contributed by atoms with E-state index >= 15 is 0 Å². The molecule has 3 aromatic rings. The lowest BCUT2D eigenvalue weighted by Crippen LogP contribution is -2.44. The van der Waals surface area contributed by atoms with E-state index in [1.807, 2.05) is 61.5 Å². The fourth-order valence-electron chi connectivity index (χ4n) is 4.17. The third-order valence-electron chi connectivity index (χ3n) is 6.11. The molecule has 1 heterocycles. The maximum Gasteiger partial charge on any atom is 0.245 e. The van der Waals surface area contributed by atoms with Gasteiger partial charge in [0.15, 0.2) is 0 Å². The highest BCUT2D eigenvalue weighted by molar-refractivity contribution is 7.89. The lowest BCUT2D eigenvalue weighted by molar-refractivity contribution is -0.126. The van der Waals surface area contributed by atoms with E-state index in [2.05, 4.69) is 5.32 Å². The number of amides is 1. The third kappa shape index (κ3) is 5.15. The number of rotatable bonds is 6. The second-order valence-corrected chi connectivity index (χ2v) is 10.3. The number of benzene rings is 3. The quantitative estimate of drug-likeness (QED) is 0.584. The molecule has 3 aromatic carbocycles. The summed E-state index contributed by atoms with van der Waals surface area (Å²) in [6, 6.07) is 22.9. The maximum absolute atomic E-state index is 14.1. The molecule has 1 saturated heterocycles. The van der Waals surface area contributed by atoms with Crippen LogP contribution < -0.4 is 5.32 Å². The zero-order chi connectivity index (χ0) is 23.4. The van der Waals surface area contributed by atoms with Crippen molar-refractivity contribution in [3.8, 4) is 0 Å². The minimum absolute atomic E-state index is 0.104. The van der Waals surface area contributed by atoms with E-state index in [4.69, 9.17) is 0 Å². The molecule has 0 aromatic heterocycles. The van der Waals surface area contributed by atoms with Crippen molar-refractivity contribution in [1.29, 1.82) is 0 Å². The number of piperidine rings is 1. The van der Waals surface area contributed by atoms with Gasteiger partial charge in [-0.05, 0) is 43.0 Å². The smallest absolute Gasteiger partial charge is 0.245 e. The van der Waals surface area contributed by atoms with Crippen molar-refractivity contribution in [3.63, 3.8) is 0 Å². The topological polar surface area (TPSA) is 66.5 Å². The third-order valence-corrected chi connectivity index (χ3v) is 8.04. The van der Waals surface area contributed by atoms with Gasteiger partial charge in [-0.1, -0.05) is 72.3 Å². The molecule has 0 spiro atoms. The molecule has 1 amide bonds. The second kappa shape index (κ2) is 9.85. The van der Waals surface area contributed by atoms with Crippen LogP contribution in [0.5, 0.6) is 0 Å². The van der Waals surface area contributed by atoms with E-state index in [9.17, 15) is 17.6 Å². The van der Waals surface area contributed by atoms with Crippen LogP contribution in [0.4, 0.5) is 4.39 Å². The number of carbonyl (C=O) groups excluding carboxylic acids is 1. The van der Waals surface area contributed by atoms with Crippen molar-refractivity contribution >= 4 is 15.9 Å². The van der Waals surface area contributed by atoms with Crippen LogP contribution >= 0.6 is 0 Å². The van der Waals surface area contributed by atoms with Crippen LogP contribution in [0.15, 0.2) is 83.8 Å². The molecule has 1 atom stereocenters. The Hall–Kier alpha value is -3.03. The summed E-state index contributed by atoms with van der Waals surface area (Å²) in [5, 5.41) is 3.17. The largest absolute Gasteiger partial charge is 0.345 e. The van der Waals surface area contributed by atoms with Crippen molar-refractivity contribution in [2.75, 3.05) is 13.1 Å². The monoisotopic (exact) mass is 466 g/mol. The van der Waals surface area contributed by atoms with E-state index in [1.165, 1.54) is 22.5 Å². The molecule has 33 heavy (non-hydrogen) atoms. The number of nitrogens with zero attached hydrogens (tertiary/aromatic N) is 1. The summed E-state index contributed by atoms with van der Waals surface area (Å²) >= 11 is 0. The van der Waals surface area contributed by atoms with Gasteiger partial charge in [-0.3, -0.25) is 4.79 Å². The molecular weight excluding hydrogens is 439 g/mol. The minimum Gasteiger partial charge on any atom is -0.345 e. The predicted molar refractivity (Wildman–Crippen MR) is 125 cm³/mol. The Morgan fingerprint density at radius 3 is 2.12 bits per heavy atom. The summed E-state index contributed by atoms with van der Waals surface area (Å²) in [6.07, 6.45) is 0.768. The highest BCUT2D eigenvalue weighted by Crippen LogP contribution is 2.28. The molecule has 1 fully saturated rings. The van der Waals surface area contributed by atoms with E-state index in [0.717, 1.165) is 22.8 Å². The predicted octanol–water partition coefficient (Wildman–Crippen LogP) is 4.44. The van der Waals surface area contributed by atoms with E-state index in [0.29, 0.717) is 12.8 Å². The van der Waals surface area contributed by atoms with Crippen molar-refractivity contribution < 1.29 is 17.6 Å². The highest BCUT2D eigenvalue weighted by Gasteiger charge is 2.34. The van der Waals surface area contributed by atoms with Crippen LogP contribution in [-0.2, 0) is 14.8 Å². The van der Waals surface area contributed by atoms with Crippen molar-refractivity contribution in [3.05, 3.63) is 101 Å². The lowest BCUT2D eigenvalue weighted by atomic mass is 9.94. The number of hydrogen-bond acceptors (Lipinski definition) is 3. The van der Waals surface area contributed by atoms with Gasteiger partial charge < -0.3 is 5.32 Å². The van der Waals surface area contributed by atoms with Gasteiger partial charge in [-0.25, -0.2) is 12.8 Å². The van der Waals surface area contributed by atoms with Gasteiger partial charge in [0.1, 0.15) is 10.7 Å². The Balaban J connectivity index is 1.46. The normalized spacial score (nSPS) is 16.3. The maximum atomic E-state index is 14.1. The molecule has 0 saturated carbocycles. The van der Waals surface area contributed by atoms with Crippen molar-refractivity contribution in [2.45, 2.75) is 30.7 Å². The number of aryl methyl sites for hydroxylation is 1. The Morgan fingerprint density at radius 1 is 0.909 bits per heavy atom. The molecule has 1 N–H and O–H groups in total. The van der Waals surface area contributed by atoms with Crippen LogP contribution in [0.2, 0.25) is 0 Å². The zero-order valence-corrected chi connectivity index (χ0v) is 19.3. The lowest BCUT2D eigenvalue weighted by Gasteiger charge is -2.31. The molecule has 0 bridgehead atoms. The molecule has 7 heteroatoms. The van der Waals surface area contributed by atoms with Crippen LogP contribution in [0.3, 0.4) is 0 Å². The number of sulfonamides is 1. The van der Waals surface area contributed by atoms with Crippen molar-refractivity contribution in [1.82, 2.24) is 9.62 Å². The number of hydrogen-bond donors (Lipinski definition) is 1. The molecule has 1 unspecified atom stereocenters. The fourth-order valence-corrected chi connectivity index (χ4v) is 5.71. The minimum atomic E-state index is -3.93. The molecule has 0 aliphatic carbocycles. The SMILES string of the molecule is Cc1ccc(C(NC(=O)C2CCN(S(=O)(=O)c3ccccc3F)CC2)c2ccccc2)cc1. The number of nitrogens with one attached hydrogen (secondary N) is 1. The molecule has 5 nitrogen and oxygen atoms in total. The first-order valence-electron chi connectivity index (χ1n) is 11.0. The van der Waals surface area contributed by atoms with Gasteiger partial charge in [-0.15, -0.1) is 0 Å². The first-order valence-corrected chi connectivity index (χ1v) is 12.5. The van der Waals surface area contributed by atoms with Gasteiger partial charge >= 0.3 is 0 Å². The van der Waals surface area contributed by atoms with Gasteiger partial charge in [-0.2, -0.15) is 4.31 Å². The Bertz CT molecular complexity index is 1210. The van der Waals surface area contributed by atoms with Crippen LogP contribution in [0.25, 0.3) is 0 Å².